The number of guanidine groups is 1. The molecule has 0 atom stereocenters. The maximum absolute atomic E-state index is 13.7. The van der Waals surface area contributed by atoms with E-state index in [4.69, 9.17) is 0 Å². The molecule has 0 fully saturated rings. The number of halogens is 3. The zero-order valence-corrected chi connectivity index (χ0v) is 18.7. The molecular formula is C21H24F2IN5. The van der Waals surface area contributed by atoms with Gasteiger partial charge in [0.15, 0.2) is 5.96 Å². The Hall–Kier alpha value is -2.49. The molecule has 0 amide bonds. The van der Waals surface area contributed by atoms with E-state index in [2.05, 4.69) is 15.4 Å². The Bertz CT molecular complexity index is 943. The highest BCUT2D eigenvalue weighted by Crippen LogP contribution is 2.11. The minimum Gasteiger partial charge on any atom is -0.356 e. The van der Waals surface area contributed by atoms with Gasteiger partial charge in [0, 0.05) is 38.9 Å². The van der Waals surface area contributed by atoms with Crippen molar-refractivity contribution in [3.8, 4) is 5.69 Å². The summed E-state index contributed by atoms with van der Waals surface area (Å²) in [6, 6.07) is 13.4. The fourth-order valence-electron chi connectivity index (χ4n) is 2.94. The molecule has 0 saturated heterocycles. The van der Waals surface area contributed by atoms with Crippen LogP contribution in [0.25, 0.3) is 5.69 Å². The van der Waals surface area contributed by atoms with Crippen LogP contribution >= 0.6 is 24.0 Å². The lowest BCUT2D eigenvalue weighted by Crippen LogP contribution is -2.39. The first-order valence-corrected chi connectivity index (χ1v) is 9.01. The van der Waals surface area contributed by atoms with Crippen molar-refractivity contribution in [3.05, 3.63) is 83.7 Å². The molecule has 154 valence electrons. The second-order valence-corrected chi connectivity index (χ2v) is 6.44. The topological polar surface area (TPSA) is 45.5 Å². The van der Waals surface area contributed by atoms with Crippen molar-refractivity contribution >= 4 is 29.9 Å². The number of nitrogens with zero attached hydrogens (tertiary/aromatic N) is 4. The summed E-state index contributed by atoms with van der Waals surface area (Å²) in [7, 11) is 3.60. The fraction of sp³-hybridized carbons (Fsp3) is 0.238. The van der Waals surface area contributed by atoms with Crippen LogP contribution in [0.5, 0.6) is 0 Å². The van der Waals surface area contributed by atoms with Crippen molar-refractivity contribution in [2.24, 2.45) is 4.99 Å². The number of hydrogen-bond donors (Lipinski definition) is 1. The minimum absolute atomic E-state index is 0. The van der Waals surface area contributed by atoms with E-state index in [0.717, 1.165) is 23.4 Å². The molecule has 0 aliphatic rings. The van der Waals surface area contributed by atoms with Crippen LogP contribution in [0.2, 0.25) is 0 Å². The predicted octanol–water partition coefficient (Wildman–Crippen LogP) is 4.02. The van der Waals surface area contributed by atoms with Gasteiger partial charge in [-0.2, -0.15) is 5.10 Å². The van der Waals surface area contributed by atoms with Crippen LogP contribution < -0.4 is 5.32 Å². The average Bonchev–Trinajstić information content (AvgIpc) is 3.17. The molecule has 0 bridgehead atoms. The lowest BCUT2D eigenvalue weighted by atomic mass is 10.1. The van der Waals surface area contributed by atoms with E-state index in [9.17, 15) is 8.78 Å². The van der Waals surface area contributed by atoms with Crippen molar-refractivity contribution in [3.63, 3.8) is 0 Å². The number of aliphatic imine (C=N–C) groups is 1. The molecule has 3 rings (SSSR count). The quantitative estimate of drug-likeness (QED) is 0.309. The van der Waals surface area contributed by atoms with Crippen molar-refractivity contribution in [1.82, 2.24) is 20.0 Å². The van der Waals surface area contributed by atoms with Gasteiger partial charge in [0.05, 0.1) is 11.9 Å². The third-order valence-electron chi connectivity index (χ3n) is 4.34. The molecule has 29 heavy (non-hydrogen) atoms. The predicted molar refractivity (Wildman–Crippen MR) is 122 cm³/mol. The van der Waals surface area contributed by atoms with Gasteiger partial charge in [-0.05, 0) is 42.3 Å². The molecule has 0 radical (unpaired) electrons. The minimum atomic E-state index is -0.437. The van der Waals surface area contributed by atoms with E-state index < -0.39 is 11.6 Å². The maximum atomic E-state index is 13.7. The largest absolute Gasteiger partial charge is 0.356 e. The standard InChI is InChI=1S/C21H23F2N5.HI/c1-24-21(25-11-10-17-12-18(22)8-9-20(17)23)27(2)14-16-13-26-28(15-16)19-6-4-3-5-7-19;/h3-9,12-13,15H,10-11,14H2,1-2H3,(H,24,25);1H. The third kappa shape index (κ3) is 6.25. The summed E-state index contributed by atoms with van der Waals surface area (Å²) in [6.45, 7) is 1.06. The molecular weight excluding hydrogens is 487 g/mol. The van der Waals surface area contributed by atoms with E-state index in [1.807, 2.05) is 59.4 Å². The molecule has 0 aliphatic carbocycles. The first kappa shape index (κ1) is 22.8. The van der Waals surface area contributed by atoms with Crippen molar-refractivity contribution in [2.75, 3.05) is 20.6 Å². The lowest BCUT2D eigenvalue weighted by molar-refractivity contribution is 0.476. The summed E-state index contributed by atoms with van der Waals surface area (Å²) in [4.78, 5) is 6.21. The molecule has 3 aromatic rings. The van der Waals surface area contributed by atoms with Crippen LogP contribution in [0, 0.1) is 11.6 Å². The van der Waals surface area contributed by atoms with Gasteiger partial charge in [0.2, 0.25) is 0 Å². The molecule has 0 saturated carbocycles. The van der Waals surface area contributed by atoms with Gasteiger partial charge in [-0.3, -0.25) is 4.99 Å². The number of para-hydroxylation sites is 1. The summed E-state index contributed by atoms with van der Waals surface area (Å²) in [5.74, 6) is -0.169. The van der Waals surface area contributed by atoms with Crippen molar-refractivity contribution in [2.45, 2.75) is 13.0 Å². The van der Waals surface area contributed by atoms with Gasteiger partial charge < -0.3 is 10.2 Å². The Morgan fingerprint density at radius 2 is 1.93 bits per heavy atom. The zero-order valence-electron chi connectivity index (χ0n) is 16.3. The van der Waals surface area contributed by atoms with Gasteiger partial charge in [-0.15, -0.1) is 24.0 Å². The van der Waals surface area contributed by atoms with E-state index in [-0.39, 0.29) is 24.0 Å². The molecule has 0 unspecified atom stereocenters. The highest BCUT2D eigenvalue weighted by Gasteiger charge is 2.10. The summed E-state index contributed by atoms with van der Waals surface area (Å²) < 4.78 is 28.8. The number of benzene rings is 2. The summed E-state index contributed by atoms with van der Waals surface area (Å²) >= 11 is 0. The molecule has 2 aromatic carbocycles. The second kappa shape index (κ2) is 10.9. The van der Waals surface area contributed by atoms with E-state index in [1.54, 1.807) is 7.05 Å². The van der Waals surface area contributed by atoms with E-state index in [1.165, 1.54) is 6.07 Å². The Morgan fingerprint density at radius 1 is 1.17 bits per heavy atom. The molecule has 1 heterocycles. The monoisotopic (exact) mass is 511 g/mol. The Kier molecular flexibility index (Phi) is 8.56. The van der Waals surface area contributed by atoms with E-state index in [0.29, 0.717) is 31.0 Å². The number of nitrogens with one attached hydrogen (secondary N) is 1. The molecule has 1 aromatic heterocycles. The van der Waals surface area contributed by atoms with Crippen LogP contribution in [0.15, 0.2) is 65.9 Å². The SMILES string of the molecule is CN=C(NCCc1cc(F)ccc1F)N(C)Cc1cnn(-c2ccccc2)c1.I. The average molecular weight is 511 g/mol. The Labute approximate surface area is 186 Å². The maximum Gasteiger partial charge on any atom is 0.193 e. The fourth-order valence-corrected chi connectivity index (χ4v) is 2.94. The van der Waals surface area contributed by atoms with Gasteiger partial charge >= 0.3 is 0 Å². The first-order chi connectivity index (χ1) is 13.6. The normalized spacial score (nSPS) is 11.1. The summed E-state index contributed by atoms with van der Waals surface area (Å²) in [6.07, 6.45) is 4.16. The Morgan fingerprint density at radius 3 is 2.66 bits per heavy atom. The highest BCUT2D eigenvalue weighted by molar-refractivity contribution is 14.0. The van der Waals surface area contributed by atoms with Crippen LogP contribution in [-0.4, -0.2) is 41.3 Å². The lowest BCUT2D eigenvalue weighted by Gasteiger charge is -2.21. The van der Waals surface area contributed by atoms with Crippen LogP contribution in [0.4, 0.5) is 8.78 Å². The highest BCUT2D eigenvalue weighted by atomic mass is 127. The number of hydrogen-bond acceptors (Lipinski definition) is 2. The second-order valence-electron chi connectivity index (χ2n) is 6.44. The van der Waals surface area contributed by atoms with E-state index >= 15 is 0 Å². The van der Waals surface area contributed by atoms with Crippen LogP contribution in [0.3, 0.4) is 0 Å². The first-order valence-electron chi connectivity index (χ1n) is 9.01. The van der Waals surface area contributed by atoms with Gasteiger partial charge in [0.1, 0.15) is 11.6 Å². The number of rotatable bonds is 6. The molecule has 8 heteroatoms. The molecule has 0 spiro atoms. The van der Waals surface area contributed by atoms with Crippen LogP contribution in [-0.2, 0) is 13.0 Å². The molecule has 1 N–H and O–H groups in total. The van der Waals surface area contributed by atoms with Crippen molar-refractivity contribution < 1.29 is 8.78 Å². The zero-order chi connectivity index (χ0) is 19.9. The summed E-state index contributed by atoms with van der Waals surface area (Å²) in [5.41, 5.74) is 2.37. The number of aromatic nitrogens is 2. The van der Waals surface area contributed by atoms with Crippen LogP contribution in [0.1, 0.15) is 11.1 Å². The van der Waals surface area contributed by atoms with Gasteiger partial charge in [-0.25, -0.2) is 13.5 Å². The smallest absolute Gasteiger partial charge is 0.193 e. The van der Waals surface area contributed by atoms with Crippen molar-refractivity contribution in [1.29, 1.82) is 0 Å². The third-order valence-corrected chi connectivity index (χ3v) is 4.34. The molecule has 5 nitrogen and oxygen atoms in total. The Balaban J connectivity index is 0.00000300. The molecule has 0 aliphatic heterocycles. The van der Waals surface area contributed by atoms with Gasteiger partial charge in [0.25, 0.3) is 0 Å². The van der Waals surface area contributed by atoms with Gasteiger partial charge in [-0.1, -0.05) is 18.2 Å². The summed E-state index contributed by atoms with van der Waals surface area (Å²) in [5, 5.41) is 7.58.